The van der Waals surface area contributed by atoms with Crippen LogP contribution in [0.2, 0.25) is 0 Å². The number of nitrogens with zero attached hydrogens (tertiary/aromatic N) is 1. The molecule has 8 amide bonds. The second-order valence-electron chi connectivity index (χ2n) is 15.3. The molecule has 0 saturated carbocycles. The van der Waals surface area contributed by atoms with E-state index >= 15 is 0 Å². The van der Waals surface area contributed by atoms with Gasteiger partial charge in [0.25, 0.3) is 11.8 Å². The molecule has 0 radical (unpaired) electrons. The van der Waals surface area contributed by atoms with E-state index in [2.05, 4.69) is 26.6 Å². The number of hydrogen-bond acceptors (Lipinski definition) is 13. The highest BCUT2D eigenvalue weighted by molar-refractivity contribution is 6.13. The fourth-order valence-electron chi connectivity index (χ4n) is 5.25. The van der Waals surface area contributed by atoms with Crippen molar-refractivity contribution in [2.75, 3.05) is 77.8 Å². The van der Waals surface area contributed by atoms with Crippen LogP contribution in [0.25, 0.3) is 0 Å². The predicted molar refractivity (Wildman–Crippen MR) is 221 cm³/mol. The molecule has 0 spiro atoms. The third-order valence-corrected chi connectivity index (χ3v) is 8.69. The molecule has 0 unspecified atom stereocenters. The summed E-state index contributed by atoms with van der Waals surface area (Å²) in [7, 11) is 0. The van der Waals surface area contributed by atoms with Crippen LogP contribution in [-0.2, 0) is 63.9 Å². The highest BCUT2D eigenvalue weighted by atomic mass is 16.6. The molecule has 0 aliphatic carbocycles. The first kappa shape index (κ1) is 51.7. The topological polar surface area (TPSA) is 272 Å². The van der Waals surface area contributed by atoms with E-state index in [0.29, 0.717) is 38.5 Å². The maximum absolute atomic E-state index is 13.4. The molecular formula is C41H63N7O13. The molecule has 2 rings (SSSR count). The molecule has 20 heteroatoms. The number of rotatable bonds is 30. The Morgan fingerprint density at radius 3 is 1.84 bits per heavy atom. The highest BCUT2D eigenvalue weighted by Gasteiger charge is 2.29. The van der Waals surface area contributed by atoms with Crippen molar-refractivity contribution in [2.45, 2.75) is 79.0 Å². The summed E-state index contributed by atoms with van der Waals surface area (Å²) in [6.07, 6.45) is 2.82. The minimum Gasteiger partial charge on any atom is -0.460 e. The van der Waals surface area contributed by atoms with E-state index in [1.54, 1.807) is 58.9 Å². The number of anilines is 1. The Bertz CT molecular complexity index is 1610. The normalized spacial score (nSPS) is 13.4. The fraction of sp³-hybridized carbons (Fsp3) is 0.610. The van der Waals surface area contributed by atoms with Gasteiger partial charge in [0, 0.05) is 50.3 Å². The second-order valence-corrected chi connectivity index (χ2v) is 15.3. The third-order valence-electron chi connectivity index (χ3n) is 8.69. The van der Waals surface area contributed by atoms with Crippen LogP contribution < -0.4 is 32.3 Å². The Morgan fingerprint density at radius 1 is 0.705 bits per heavy atom. The average Bonchev–Trinajstić information content (AvgIpc) is 3.53. The SMILES string of the molecule is CC(C)[C@H](NC(=O)CCOCCOCCOCCOCCNC(=O)CCN1C(=O)C=CC1=O)C(=O)N[C@@H](CCCNC(N)=O)C(=O)Nc1ccc(COC(=O)C(C)(C)C)cc1. The fourth-order valence-corrected chi connectivity index (χ4v) is 5.25. The van der Waals surface area contributed by atoms with Crippen LogP contribution in [0.1, 0.15) is 65.9 Å². The molecule has 0 bridgehead atoms. The smallest absolute Gasteiger partial charge is 0.312 e. The lowest BCUT2D eigenvalue weighted by molar-refractivity contribution is -0.154. The van der Waals surface area contributed by atoms with Crippen molar-refractivity contribution >= 4 is 53.1 Å². The van der Waals surface area contributed by atoms with E-state index in [1.165, 1.54) is 12.2 Å². The van der Waals surface area contributed by atoms with Gasteiger partial charge in [0.2, 0.25) is 23.6 Å². The number of nitrogens with two attached hydrogens (primary N) is 1. The zero-order valence-electron chi connectivity index (χ0n) is 35.8. The molecule has 1 aromatic rings. The standard InChI is InChI=1S/C41H63N7O13/c1-28(2)36(38(54)46-31(7-6-16-44-40(42)56)37(53)45-30-10-8-29(9-11-30)27-61-39(55)41(3,4)5)47-33(50)15-19-57-21-23-59-25-26-60-24-22-58-20-17-43-32(49)14-18-48-34(51)12-13-35(48)52/h8-13,28,31,36H,6-7,14-27H2,1-5H3,(H,43,49)(H,45,53)(H,46,54)(H,47,50)(H3,42,44,56)/t31-,36-/m0/s1. The number of urea groups is 1. The predicted octanol–water partition coefficient (Wildman–Crippen LogP) is 0.676. The molecule has 0 saturated heterocycles. The number of hydrogen-bond donors (Lipinski definition) is 6. The number of carbonyl (C=O) groups is 8. The van der Waals surface area contributed by atoms with Gasteiger partial charge in [-0.2, -0.15) is 0 Å². The summed E-state index contributed by atoms with van der Waals surface area (Å²) in [5.74, 6) is -3.30. The Labute approximate surface area is 356 Å². The zero-order valence-corrected chi connectivity index (χ0v) is 35.8. The van der Waals surface area contributed by atoms with Gasteiger partial charge >= 0.3 is 12.0 Å². The number of ether oxygens (including phenoxy) is 5. The lowest BCUT2D eigenvalue weighted by Crippen LogP contribution is -2.54. The minimum atomic E-state index is -1.01. The van der Waals surface area contributed by atoms with Gasteiger partial charge in [-0.05, 0) is 57.2 Å². The maximum Gasteiger partial charge on any atom is 0.312 e. The number of esters is 1. The quantitative estimate of drug-likeness (QED) is 0.0353. The average molecular weight is 862 g/mol. The lowest BCUT2D eigenvalue weighted by atomic mass is 9.97. The van der Waals surface area contributed by atoms with Gasteiger partial charge in [-0.25, -0.2) is 4.79 Å². The van der Waals surface area contributed by atoms with Crippen molar-refractivity contribution < 1.29 is 62.0 Å². The van der Waals surface area contributed by atoms with Gasteiger partial charge in [0.05, 0.1) is 58.3 Å². The number of benzene rings is 1. The number of amides is 8. The van der Waals surface area contributed by atoms with Crippen molar-refractivity contribution in [3.8, 4) is 0 Å². The van der Waals surface area contributed by atoms with Gasteiger partial charge in [-0.15, -0.1) is 0 Å². The van der Waals surface area contributed by atoms with Gasteiger partial charge in [-0.3, -0.25) is 38.5 Å². The van der Waals surface area contributed by atoms with E-state index in [0.717, 1.165) is 10.5 Å². The third kappa shape index (κ3) is 22.1. The molecule has 1 heterocycles. The lowest BCUT2D eigenvalue weighted by Gasteiger charge is -2.25. The summed E-state index contributed by atoms with van der Waals surface area (Å²) in [5.41, 5.74) is 5.69. The molecular weight excluding hydrogens is 798 g/mol. The monoisotopic (exact) mass is 861 g/mol. The first-order chi connectivity index (χ1) is 29.0. The van der Waals surface area contributed by atoms with Gasteiger partial charge in [0.15, 0.2) is 0 Å². The summed E-state index contributed by atoms with van der Waals surface area (Å²) < 4.78 is 27.2. The van der Waals surface area contributed by atoms with Crippen LogP contribution in [0.4, 0.5) is 10.5 Å². The first-order valence-electron chi connectivity index (χ1n) is 20.3. The summed E-state index contributed by atoms with van der Waals surface area (Å²) in [6.45, 7) is 11.5. The van der Waals surface area contributed by atoms with Crippen LogP contribution >= 0.6 is 0 Å². The summed E-state index contributed by atoms with van der Waals surface area (Å²) >= 11 is 0. The zero-order chi connectivity index (χ0) is 45.2. The molecule has 340 valence electrons. The summed E-state index contributed by atoms with van der Waals surface area (Å²) in [6, 6.07) is 4.03. The van der Waals surface area contributed by atoms with Crippen molar-refractivity contribution in [1.82, 2.24) is 26.2 Å². The van der Waals surface area contributed by atoms with Crippen molar-refractivity contribution in [3.63, 3.8) is 0 Å². The Hall–Kier alpha value is -5.44. The largest absolute Gasteiger partial charge is 0.460 e. The van der Waals surface area contributed by atoms with Crippen molar-refractivity contribution in [1.29, 1.82) is 0 Å². The van der Waals surface area contributed by atoms with E-state index in [1.807, 2.05) is 0 Å². The van der Waals surface area contributed by atoms with Crippen LogP contribution in [0.5, 0.6) is 0 Å². The minimum absolute atomic E-state index is 0.0102. The van der Waals surface area contributed by atoms with E-state index in [9.17, 15) is 38.4 Å². The first-order valence-corrected chi connectivity index (χ1v) is 20.3. The van der Waals surface area contributed by atoms with Gasteiger partial charge in [-0.1, -0.05) is 26.0 Å². The number of imide groups is 1. The number of nitrogens with one attached hydrogen (secondary N) is 5. The van der Waals surface area contributed by atoms with Crippen LogP contribution in [0.3, 0.4) is 0 Å². The molecule has 7 N–H and O–H groups in total. The molecule has 0 fully saturated rings. The van der Waals surface area contributed by atoms with Crippen LogP contribution in [0, 0.1) is 11.3 Å². The van der Waals surface area contributed by atoms with Crippen LogP contribution in [-0.4, -0.2) is 137 Å². The van der Waals surface area contributed by atoms with E-state index in [-0.39, 0.29) is 89.7 Å². The Kier molecular flexibility index (Phi) is 23.9. The molecule has 20 nitrogen and oxygen atoms in total. The van der Waals surface area contributed by atoms with Gasteiger partial charge in [0.1, 0.15) is 18.7 Å². The summed E-state index contributed by atoms with van der Waals surface area (Å²) in [5, 5.41) is 13.4. The molecule has 2 atom stereocenters. The summed E-state index contributed by atoms with van der Waals surface area (Å²) in [4.78, 5) is 98.7. The van der Waals surface area contributed by atoms with E-state index in [4.69, 9.17) is 29.4 Å². The maximum atomic E-state index is 13.4. The molecule has 0 aromatic heterocycles. The van der Waals surface area contributed by atoms with Crippen LogP contribution in [0.15, 0.2) is 36.4 Å². The van der Waals surface area contributed by atoms with E-state index < -0.39 is 53.1 Å². The second kappa shape index (κ2) is 28.2. The molecule has 1 aliphatic heterocycles. The van der Waals surface area contributed by atoms with Gasteiger partial charge < -0.3 is 56.0 Å². The Morgan fingerprint density at radius 2 is 1.28 bits per heavy atom. The molecule has 1 aromatic carbocycles. The number of primary amides is 1. The molecule has 61 heavy (non-hydrogen) atoms. The van der Waals surface area contributed by atoms with Crippen molar-refractivity contribution in [3.05, 3.63) is 42.0 Å². The highest BCUT2D eigenvalue weighted by Crippen LogP contribution is 2.18. The van der Waals surface area contributed by atoms with Crippen molar-refractivity contribution in [2.24, 2.45) is 17.1 Å². The number of carbonyl (C=O) groups excluding carboxylic acids is 8. The Balaban J connectivity index is 1.64. The molecule has 1 aliphatic rings.